The quantitative estimate of drug-likeness (QED) is 0.830. The van der Waals surface area contributed by atoms with Gasteiger partial charge in [0, 0.05) is 14.2 Å². The fraction of sp³-hybridized carbons (Fsp3) is 0.231. The topological polar surface area (TPSA) is 12.0 Å². The van der Waals surface area contributed by atoms with E-state index in [9.17, 15) is 4.39 Å². The lowest BCUT2D eigenvalue weighted by atomic mass is 10.1. The van der Waals surface area contributed by atoms with E-state index in [0.29, 0.717) is 0 Å². The summed E-state index contributed by atoms with van der Waals surface area (Å²) in [4.78, 5) is 2.39. The molecule has 1 unspecified atom stereocenters. The van der Waals surface area contributed by atoms with Crippen molar-refractivity contribution in [3.05, 3.63) is 54.9 Å². The number of thiophene rings is 1. The molecule has 2 rings (SSSR count). The molecule has 1 atom stereocenters. The number of benzene rings is 1. The Kier molecular flexibility index (Phi) is 4.43. The summed E-state index contributed by atoms with van der Waals surface area (Å²) in [5.74, 6) is -0.390. The average Bonchev–Trinajstić information content (AvgIpc) is 2.65. The van der Waals surface area contributed by atoms with E-state index in [1.54, 1.807) is 23.5 Å². The molecule has 18 heavy (non-hydrogen) atoms. The van der Waals surface area contributed by atoms with Crippen LogP contribution in [0.5, 0.6) is 0 Å². The van der Waals surface area contributed by atoms with E-state index in [1.807, 2.05) is 7.05 Å². The minimum atomic E-state index is -0.390. The van der Waals surface area contributed by atoms with Crippen molar-refractivity contribution in [3.8, 4) is 0 Å². The molecular formula is C13H12BrClFNS. The molecule has 1 heterocycles. The third-order valence-electron chi connectivity index (χ3n) is 2.73. The number of hydrogen-bond acceptors (Lipinski definition) is 2. The van der Waals surface area contributed by atoms with E-state index in [4.69, 9.17) is 11.6 Å². The average molecular weight is 349 g/mol. The molecule has 0 aliphatic heterocycles. The summed E-state index contributed by atoms with van der Waals surface area (Å²) in [6, 6.07) is 6.93. The monoisotopic (exact) mass is 347 g/mol. The van der Waals surface area contributed by atoms with Gasteiger partial charge in [0.25, 0.3) is 0 Å². The molecule has 1 aromatic carbocycles. The fourth-order valence-electron chi connectivity index (χ4n) is 1.79. The Hall–Kier alpha value is -0.420. The Morgan fingerprint density at radius 1 is 1.39 bits per heavy atom. The number of halogens is 3. The third kappa shape index (κ3) is 2.77. The predicted molar refractivity (Wildman–Crippen MR) is 79.1 cm³/mol. The Morgan fingerprint density at radius 2 is 2.11 bits per heavy atom. The minimum absolute atomic E-state index is 0.0260. The first kappa shape index (κ1) is 14.0. The molecule has 1 N–H and O–H groups in total. The summed E-state index contributed by atoms with van der Waals surface area (Å²) in [5.41, 5.74) is 0.956. The van der Waals surface area contributed by atoms with Gasteiger partial charge >= 0.3 is 0 Å². The van der Waals surface area contributed by atoms with Gasteiger partial charge in [-0.2, -0.15) is 0 Å². The van der Waals surface area contributed by atoms with Gasteiger partial charge in [-0.25, -0.2) is 4.39 Å². The van der Waals surface area contributed by atoms with Crippen LogP contribution < -0.4 is 5.32 Å². The minimum Gasteiger partial charge on any atom is -0.309 e. The number of aryl methyl sites for hydroxylation is 1. The van der Waals surface area contributed by atoms with Crippen LogP contribution in [0.15, 0.2) is 28.7 Å². The molecule has 96 valence electrons. The predicted octanol–water partition coefficient (Wildman–Crippen LogP) is 4.92. The van der Waals surface area contributed by atoms with Crippen molar-refractivity contribution in [1.82, 2.24) is 5.32 Å². The maximum absolute atomic E-state index is 13.2. The van der Waals surface area contributed by atoms with Gasteiger partial charge in [0.2, 0.25) is 0 Å². The van der Waals surface area contributed by atoms with Crippen LogP contribution in [0.2, 0.25) is 5.02 Å². The fourth-order valence-corrected chi connectivity index (χ4v) is 3.68. The maximum atomic E-state index is 13.2. The van der Waals surface area contributed by atoms with Crippen molar-refractivity contribution in [3.63, 3.8) is 0 Å². The molecule has 0 saturated carbocycles. The second kappa shape index (κ2) is 5.70. The second-order valence-corrected chi connectivity index (χ2v) is 6.50. The molecule has 0 aliphatic carbocycles. The lowest BCUT2D eigenvalue weighted by Gasteiger charge is -2.15. The van der Waals surface area contributed by atoms with Gasteiger partial charge < -0.3 is 5.32 Å². The van der Waals surface area contributed by atoms with Gasteiger partial charge in [-0.3, -0.25) is 0 Å². The molecule has 0 bridgehead atoms. The highest BCUT2D eigenvalue weighted by atomic mass is 79.9. The van der Waals surface area contributed by atoms with E-state index in [2.05, 4.69) is 34.2 Å². The molecule has 0 aliphatic rings. The lowest BCUT2D eigenvalue weighted by molar-refractivity contribution is 0.624. The van der Waals surface area contributed by atoms with Crippen molar-refractivity contribution >= 4 is 38.9 Å². The normalized spacial score (nSPS) is 12.7. The summed E-state index contributed by atoms with van der Waals surface area (Å²) in [7, 11) is 1.88. The molecule has 1 aromatic heterocycles. The third-order valence-corrected chi connectivity index (χ3v) is 5.22. The van der Waals surface area contributed by atoms with E-state index in [-0.39, 0.29) is 16.9 Å². The zero-order valence-electron chi connectivity index (χ0n) is 9.93. The Labute approximate surface area is 123 Å². The van der Waals surface area contributed by atoms with Crippen LogP contribution in [0, 0.1) is 12.7 Å². The van der Waals surface area contributed by atoms with Gasteiger partial charge in [-0.05, 0) is 53.7 Å². The number of hydrogen-bond donors (Lipinski definition) is 1. The van der Waals surface area contributed by atoms with E-state index in [1.165, 1.54) is 15.8 Å². The maximum Gasteiger partial charge on any atom is 0.141 e. The summed E-state index contributed by atoms with van der Waals surface area (Å²) >= 11 is 11.0. The largest absolute Gasteiger partial charge is 0.309 e. The van der Waals surface area contributed by atoms with Gasteiger partial charge in [0.1, 0.15) is 5.82 Å². The van der Waals surface area contributed by atoms with E-state index < -0.39 is 0 Å². The summed E-state index contributed by atoms with van der Waals surface area (Å²) in [6.07, 6.45) is 0. The first-order valence-electron chi connectivity index (χ1n) is 5.41. The Balaban J connectivity index is 2.41. The summed E-state index contributed by atoms with van der Waals surface area (Å²) in [6.45, 7) is 2.06. The van der Waals surface area contributed by atoms with Crippen LogP contribution in [-0.4, -0.2) is 7.05 Å². The zero-order valence-corrected chi connectivity index (χ0v) is 13.1. The van der Waals surface area contributed by atoms with Gasteiger partial charge in [-0.15, -0.1) is 11.3 Å². The van der Waals surface area contributed by atoms with Crippen molar-refractivity contribution in [1.29, 1.82) is 0 Å². The number of rotatable bonds is 3. The molecule has 5 heteroatoms. The molecule has 0 amide bonds. The molecule has 0 radical (unpaired) electrons. The highest BCUT2D eigenvalue weighted by Gasteiger charge is 2.16. The van der Waals surface area contributed by atoms with E-state index >= 15 is 0 Å². The molecule has 0 saturated heterocycles. The van der Waals surface area contributed by atoms with E-state index in [0.717, 1.165) is 10.0 Å². The first-order chi connectivity index (χ1) is 8.52. The molecule has 0 fully saturated rings. The molecule has 1 nitrogen and oxygen atoms in total. The van der Waals surface area contributed by atoms with Crippen molar-refractivity contribution in [2.75, 3.05) is 7.05 Å². The standard InChI is InChI=1S/C13H12BrClFNS/c1-7-9(14)6-12(18-7)13(17-2)8-3-4-11(16)10(15)5-8/h3-6,13,17H,1-2H3. The van der Waals surface area contributed by atoms with Gasteiger partial charge in [-0.1, -0.05) is 17.7 Å². The molecule has 0 spiro atoms. The van der Waals surface area contributed by atoms with Crippen LogP contribution in [0.3, 0.4) is 0 Å². The van der Waals surface area contributed by atoms with Crippen LogP contribution in [-0.2, 0) is 0 Å². The SMILES string of the molecule is CNC(c1ccc(F)c(Cl)c1)c1cc(Br)c(C)s1. The van der Waals surface area contributed by atoms with Gasteiger partial charge in [0.15, 0.2) is 0 Å². The van der Waals surface area contributed by atoms with Crippen molar-refractivity contribution in [2.45, 2.75) is 13.0 Å². The van der Waals surface area contributed by atoms with Crippen LogP contribution in [0.25, 0.3) is 0 Å². The Morgan fingerprint density at radius 3 is 2.61 bits per heavy atom. The van der Waals surface area contributed by atoms with Crippen LogP contribution >= 0.6 is 38.9 Å². The lowest BCUT2D eigenvalue weighted by Crippen LogP contribution is -2.16. The van der Waals surface area contributed by atoms with Crippen LogP contribution in [0.1, 0.15) is 21.4 Å². The second-order valence-electron chi connectivity index (χ2n) is 3.95. The summed E-state index contributed by atoms with van der Waals surface area (Å²) in [5, 5.41) is 3.38. The first-order valence-corrected chi connectivity index (χ1v) is 7.39. The highest BCUT2D eigenvalue weighted by Crippen LogP contribution is 2.34. The highest BCUT2D eigenvalue weighted by molar-refractivity contribution is 9.10. The van der Waals surface area contributed by atoms with Crippen LogP contribution in [0.4, 0.5) is 4.39 Å². The smallest absolute Gasteiger partial charge is 0.141 e. The summed E-state index contributed by atoms with van der Waals surface area (Å²) < 4.78 is 14.3. The molecular weight excluding hydrogens is 337 g/mol. The number of nitrogens with one attached hydrogen (secondary N) is 1. The van der Waals surface area contributed by atoms with Gasteiger partial charge in [0.05, 0.1) is 11.1 Å². The molecule has 2 aromatic rings. The van der Waals surface area contributed by atoms with Crippen molar-refractivity contribution in [2.24, 2.45) is 0 Å². The Bertz CT molecular complexity index is 551. The zero-order chi connectivity index (χ0) is 13.3. The van der Waals surface area contributed by atoms with Crippen molar-refractivity contribution < 1.29 is 4.39 Å².